The minimum absolute atomic E-state index is 0.0704. The smallest absolute Gasteiger partial charge is 0.343 e. The van der Waals surface area contributed by atoms with Gasteiger partial charge in [-0.05, 0) is 60.2 Å². The number of carbonyl (C=O) groups is 2. The van der Waals surface area contributed by atoms with Gasteiger partial charge in [0.25, 0.3) is 11.6 Å². The maximum Gasteiger partial charge on any atom is 0.343 e. The van der Waals surface area contributed by atoms with Crippen molar-refractivity contribution >= 4 is 23.8 Å². The van der Waals surface area contributed by atoms with Gasteiger partial charge in [-0.15, -0.1) is 0 Å². The second-order valence-corrected chi connectivity index (χ2v) is 6.19. The summed E-state index contributed by atoms with van der Waals surface area (Å²) in [6.45, 7) is 0. The number of ether oxygens (including phenoxy) is 2. The Morgan fingerprint density at radius 2 is 1.65 bits per heavy atom. The molecule has 3 aromatic carbocycles. The van der Waals surface area contributed by atoms with E-state index in [2.05, 4.69) is 10.5 Å². The van der Waals surface area contributed by atoms with Crippen LogP contribution in [-0.2, 0) is 0 Å². The average Bonchev–Trinajstić information content (AvgIpc) is 2.80. The van der Waals surface area contributed by atoms with Gasteiger partial charge in [0.15, 0.2) is 0 Å². The standard InChI is InChI=1S/C22H17N3O6/c1-30-19-11-7-16(8-12-19)21(26)24-23-14-15-5-9-20(10-6-15)31-22(27)17-3-2-4-18(13-17)25(28)29/h2-14H,1H3,(H,24,26)/b23-14-. The summed E-state index contributed by atoms with van der Waals surface area (Å²) < 4.78 is 10.3. The van der Waals surface area contributed by atoms with Gasteiger partial charge in [0.1, 0.15) is 11.5 Å². The second kappa shape index (κ2) is 9.79. The highest BCUT2D eigenvalue weighted by Gasteiger charge is 2.13. The molecule has 1 amide bonds. The molecule has 31 heavy (non-hydrogen) atoms. The first-order chi connectivity index (χ1) is 15.0. The molecule has 0 spiro atoms. The fourth-order valence-electron chi connectivity index (χ4n) is 2.51. The van der Waals surface area contributed by atoms with Crippen LogP contribution in [0.1, 0.15) is 26.3 Å². The molecule has 3 rings (SSSR count). The molecule has 9 nitrogen and oxygen atoms in total. The molecule has 156 valence electrons. The normalized spacial score (nSPS) is 10.5. The van der Waals surface area contributed by atoms with E-state index in [1.54, 1.807) is 55.6 Å². The highest BCUT2D eigenvalue weighted by molar-refractivity contribution is 5.95. The van der Waals surface area contributed by atoms with E-state index in [4.69, 9.17) is 9.47 Å². The number of nitrogens with zero attached hydrogens (tertiary/aromatic N) is 2. The molecule has 0 aliphatic carbocycles. The van der Waals surface area contributed by atoms with Gasteiger partial charge in [-0.1, -0.05) is 6.07 Å². The summed E-state index contributed by atoms with van der Waals surface area (Å²) in [6.07, 6.45) is 1.44. The van der Waals surface area contributed by atoms with Crippen molar-refractivity contribution < 1.29 is 24.0 Å². The molecule has 0 aliphatic heterocycles. The third-order valence-electron chi connectivity index (χ3n) is 4.12. The van der Waals surface area contributed by atoms with Crippen molar-refractivity contribution in [3.05, 3.63) is 99.6 Å². The predicted molar refractivity (Wildman–Crippen MR) is 113 cm³/mol. The Morgan fingerprint density at radius 3 is 2.29 bits per heavy atom. The van der Waals surface area contributed by atoms with Crippen LogP contribution in [0.5, 0.6) is 11.5 Å². The van der Waals surface area contributed by atoms with Gasteiger partial charge in [-0.25, -0.2) is 10.2 Å². The molecular weight excluding hydrogens is 402 g/mol. The van der Waals surface area contributed by atoms with Gasteiger partial charge in [-0.2, -0.15) is 5.10 Å². The van der Waals surface area contributed by atoms with E-state index in [9.17, 15) is 19.7 Å². The third-order valence-corrected chi connectivity index (χ3v) is 4.12. The Morgan fingerprint density at radius 1 is 0.968 bits per heavy atom. The van der Waals surface area contributed by atoms with Gasteiger partial charge in [0, 0.05) is 17.7 Å². The molecule has 0 fully saturated rings. The molecule has 0 aromatic heterocycles. The Labute approximate surface area is 177 Å². The number of benzene rings is 3. The Bertz CT molecular complexity index is 1120. The number of carbonyl (C=O) groups excluding carboxylic acids is 2. The molecule has 0 saturated heterocycles. The largest absolute Gasteiger partial charge is 0.497 e. The summed E-state index contributed by atoms with van der Waals surface area (Å²) in [7, 11) is 1.54. The number of nitro benzene ring substituents is 1. The maximum atomic E-state index is 12.2. The van der Waals surface area contributed by atoms with E-state index >= 15 is 0 Å². The zero-order valence-electron chi connectivity index (χ0n) is 16.3. The van der Waals surface area contributed by atoms with Crippen molar-refractivity contribution in [3.63, 3.8) is 0 Å². The van der Waals surface area contributed by atoms with Crippen molar-refractivity contribution in [2.24, 2.45) is 5.10 Å². The number of hydrogen-bond acceptors (Lipinski definition) is 7. The van der Waals surface area contributed by atoms with Crippen LogP contribution in [0.2, 0.25) is 0 Å². The summed E-state index contributed by atoms with van der Waals surface area (Å²) in [6, 6.07) is 18.2. The monoisotopic (exact) mass is 419 g/mol. The van der Waals surface area contributed by atoms with E-state index in [-0.39, 0.29) is 22.9 Å². The van der Waals surface area contributed by atoms with Crippen molar-refractivity contribution in [3.8, 4) is 11.5 Å². The molecule has 0 bridgehead atoms. The van der Waals surface area contributed by atoms with Crippen LogP contribution >= 0.6 is 0 Å². The Balaban J connectivity index is 1.57. The number of nitro groups is 1. The van der Waals surface area contributed by atoms with Gasteiger partial charge in [0.05, 0.1) is 23.8 Å². The lowest BCUT2D eigenvalue weighted by Gasteiger charge is -2.05. The number of hydrogen-bond donors (Lipinski definition) is 1. The van der Waals surface area contributed by atoms with Crippen molar-refractivity contribution in [2.45, 2.75) is 0 Å². The molecule has 3 aromatic rings. The Hall–Kier alpha value is -4.53. The summed E-state index contributed by atoms with van der Waals surface area (Å²) in [4.78, 5) is 34.4. The van der Waals surface area contributed by atoms with Crippen LogP contribution < -0.4 is 14.9 Å². The number of esters is 1. The van der Waals surface area contributed by atoms with Crippen molar-refractivity contribution in [2.75, 3.05) is 7.11 Å². The van der Waals surface area contributed by atoms with Crippen molar-refractivity contribution in [1.82, 2.24) is 5.43 Å². The lowest BCUT2D eigenvalue weighted by atomic mass is 10.2. The fourth-order valence-corrected chi connectivity index (χ4v) is 2.51. The number of non-ortho nitro benzene ring substituents is 1. The number of rotatable bonds is 7. The second-order valence-electron chi connectivity index (χ2n) is 6.19. The van der Waals surface area contributed by atoms with Crippen LogP contribution in [0.15, 0.2) is 77.9 Å². The Kier molecular flexibility index (Phi) is 6.69. The number of nitrogens with one attached hydrogen (secondary N) is 1. The molecule has 0 aliphatic rings. The molecule has 0 unspecified atom stereocenters. The first-order valence-corrected chi connectivity index (χ1v) is 9.00. The lowest BCUT2D eigenvalue weighted by molar-refractivity contribution is -0.384. The van der Waals surface area contributed by atoms with E-state index in [0.717, 1.165) is 6.07 Å². The molecular formula is C22H17N3O6. The van der Waals surface area contributed by atoms with E-state index < -0.39 is 10.9 Å². The number of amides is 1. The van der Waals surface area contributed by atoms with Crippen LogP contribution in [0, 0.1) is 10.1 Å². The fraction of sp³-hybridized carbons (Fsp3) is 0.0455. The van der Waals surface area contributed by atoms with Crippen LogP contribution in [0.4, 0.5) is 5.69 Å². The van der Waals surface area contributed by atoms with Crippen LogP contribution in [0.3, 0.4) is 0 Å². The van der Waals surface area contributed by atoms with E-state index in [1.165, 1.54) is 24.4 Å². The lowest BCUT2D eigenvalue weighted by Crippen LogP contribution is -2.17. The minimum Gasteiger partial charge on any atom is -0.497 e. The summed E-state index contributed by atoms with van der Waals surface area (Å²) in [5.41, 5.74) is 3.38. The van der Waals surface area contributed by atoms with Gasteiger partial charge in [-0.3, -0.25) is 14.9 Å². The zero-order chi connectivity index (χ0) is 22.2. The van der Waals surface area contributed by atoms with Crippen LogP contribution in [0.25, 0.3) is 0 Å². The summed E-state index contributed by atoms with van der Waals surface area (Å²) in [5, 5.41) is 14.7. The quantitative estimate of drug-likeness (QED) is 0.205. The number of methoxy groups -OCH3 is 1. The third kappa shape index (κ3) is 5.73. The summed E-state index contributed by atoms with van der Waals surface area (Å²) >= 11 is 0. The minimum atomic E-state index is -0.711. The molecule has 1 N–H and O–H groups in total. The molecule has 9 heteroatoms. The first kappa shape index (κ1) is 21.2. The van der Waals surface area contributed by atoms with Crippen LogP contribution in [-0.4, -0.2) is 30.1 Å². The topological polar surface area (TPSA) is 120 Å². The highest BCUT2D eigenvalue weighted by Crippen LogP contribution is 2.17. The summed E-state index contributed by atoms with van der Waals surface area (Å²) in [5.74, 6) is -0.180. The maximum absolute atomic E-state index is 12.2. The zero-order valence-corrected chi connectivity index (χ0v) is 16.3. The van der Waals surface area contributed by atoms with E-state index in [0.29, 0.717) is 16.9 Å². The molecule has 0 saturated carbocycles. The SMILES string of the molecule is COc1ccc(C(=O)N/N=C\c2ccc(OC(=O)c3cccc([N+](=O)[O-])c3)cc2)cc1. The van der Waals surface area contributed by atoms with Gasteiger partial charge in [0.2, 0.25) is 0 Å². The average molecular weight is 419 g/mol. The van der Waals surface area contributed by atoms with Gasteiger partial charge < -0.3 is 9.47 Å². The molecule has 0 atom stereocenters. The first-order valence-electron chi connectivity index (χ1n) is 9.00. The van der Waals surface area contributed by atoms with Gasteiger partial charge >= 0.3 is 5.97 Å². The highest BCUT2D eigenvalue weighted by atomic mass is 16.6. The molecule has 0 heterocycles. The van der Waals surface area contributed by atoms with E-state index in [1.807, 2.05) is 0 Å². The number of hydrazone groups is 1. The predicted octanol–water partition coefficient (Wildman–Crippen LogP) is 3.59. The van der Waals surface area contributed by atoms with Crippen molar-refractivity contribution in [1.29, 1.82) is 0 Å². The molecule has 0 radical (unpaired) electrons.